The van der Waals surface area contributed by atoms with Crippen molar-refractivity contribution in [3.63, 3.8) is 0 Å². The molecule has 0 spiro atoms. The van der Waals surface area contributed by atoms with Gasteiger partial charge in [0.15, 0.2) is 11.5 Å². The molecule has 31 heavy (non-hydrogen) atoms. The van der Waals surface area contributed by atoms with Gasteiger partial charge in [-0.1, -0.05) is 30.3 Å². The molecule has 0 radical (unpaired) electrons. The molecular weight excluding hydrogens is 394 g/mol. The number of methoxy groups -OCH3 is 2. The molecule has 0 bridgehead atoms. The van der Waals surface area contributed by atoms with Crippen LogP contribution in [-0.2, 0) is 11.2 Å². The van der Waals surface area contributed by atoms with Crippen molar-refractivity contribution in [3.8, 4) is 11.5 Å². The zero-order chi connectivity index (χ0) is 22.2. The van der Waals surface area contributed by atoms with Crippen molar-refractivity contribution in [3.05, 3.63) is 59.2 Å². The van der Waals surface area contributed by atoms with Crippen LogP contribution in [0.4, 0.5) is 4.79 Å². The quantitative estimate of drug-likeness (QED) is 0.724. The summed E-state index contributed by atoms with van der Waals surface area (Å²) in [5, 5.41) is 2.76. The number of hydrogen-bond acceptors (Lipinski definition) is 5. The van der Waals surface area contributed by atoms with E-state index in [2.05, 4.69) is 34.5 Å². The summed E-state index contributed by atoms with van der Waals surface area (Å²) in [6, 6.07) is 14.1. The van der Waals surface area contributed by atoms with Crippen molar-refractivity contribution in [1.29, 1.82) is 0 Å². The normalized spacial score (nSPS) is 20.4. The van der Waals surface area contributed by atoms with E-state index in [-0.39, 0.29) is 18.0 Å². The van der Waals surface area contributed by atoms with E-state index in [1.165, 1.54) is 10.5 Å². The Hall–Kier alpha value is -3.06. The highest BCUT2D eigenvalue weighted by Crippen LogP contribution is 2.40. The number of benzene rings is 2. The number of urea groups is 1. The van der Waals surface area contributed by atoms with Crippen LogP contribution in [0.25, 0.3) is 0 Å². The predicted molar refractivity (Wildman–Crippen MR) is 117 cm³/mol. The Morgan fingerprint density at radius 3 is 2.32 bits per heavy atom. The summed E-state index contributed by atoms with van der Waals surface area (Å²) in [7, 11) is 3.29. The largest absolute Gasteiger partial charge is 0.493 e. The number of hydrogen-bond donors (Lipinski definition) is 1. The molecule has 1 N–H and O–H groups in total. The van der Waals surface area contributed by atoms with Crippen LogP contribution in [0.2, 0.25) is 0 Å². The Kier molecular flexibility index (Phi) is 5.62. The Morgan fingerprint density at radius 1 is 1.03 bits per heavy atom. The predicted octanol–water partition coefficient (Wildman–Crippen LogP) is 2.98. The lowest BCUT2D eigenvalue weighted by Crippen LogP contribution is -2.44. The molecule has 2 aliphatic heterocycles. The van der Waals surface area contributed by atoms with Gasteiger partial charge < -0.3 is 14.8 Å². The molecule has 2 aromatic carbocycles. The third kappa shape index (κ3) is 3.85. The van der Waals surface area contributed by atoms with Crippen LogP contribution in [0.15, 0.2) is 42.5 Å². The fourth-order valence-corrected chi connectivity index (χ4v) is 4.51. The van der Waals surface area contributed by atoms with E-state index in [1.54, 1.807) is 28.1 Å². The molecule has 7 nitrogen and oxygen atoms in total. The van der Waals surface area contributed by atoms with E-state index in [1.807, 2.05) is 18.2 Å². The molecule has 2 aromatic rings. The molecule has 2 heterocycles. The lowest BCUT2D eigenvalue weighted by Gasteiger charge is -2.38. The first-order valence-electron chi connectivity index (χ1n) is 10.5. The number of carbonyl (C=O) groups is 2. The van der Waals surface area contributed by atoms with Crippen LogP contribution in [-0.4, -0.2) is 61.1 Å². The van der Waals surface area contributed by atoms with Gasteiger partial charge in [0.2, 0.25) is 0 Å². The number of amides is 3. The van der Waals surface area contributed by atoms with Gasteiger partial charge in [0.05, 0.1) is 20.3 Å². The molecule has 0 aromatic heterocycles. The number of imide groups is 1. The van der Waals surface area contributed by atoms with Crippen LogP contribution in [0, 0.1) is 0 Å². The highest BCUT2D eigenvalue weighted by Gasteiger charge is 2.44. The zero-order valence-corrected chi connectivity index (χ0v) is 18.5. The minimum atomic E-state index is -0.853. The van der Waals surface area contributed by atoms with Gasteiger partial charge in [-0.3, -0.25) is 14.6 Å². The summed E-state index contributed by atoms with van der Waals surface area (Å²) >= 11 is 0. The number of carbonyl (C=O) groups excluding carboxylic acids is 2. The SMILES string of the molecule is COc1cc2c(cc1OC)[C@H](c1ccccc1)N(CCN1C(=O)NC(C)(C)C1=O)CC2. The Labute approximate surface area is 182 Å². The molecule has 7 heteroatoms. The summed E-state index contributed by atoms with van der Waals surface area (Å²) in [5.41, 5.74) is 2.69. The van der Waals surface area contributed by atoms with Gasteiger partial charge in [-0.25, -0.2) is 4.79 Å². The molecule has 3 amide bonds. The van der Waals surface area contributed by atoms with Crippen LogP contribution < -0.4 is 14.8 Å². The number of nitrogens with zero attached hydrogens (tertiary/aromatic N) is 2. The molecule has 2 aliphatic rings. The van der Waals surface area contributed by atoms with Gasteiger partial charge in [0, 0.05) is 19.6 Å². The highest BCUT2D eigenvalue weighted by atomic mass is 16.5. The molecule has 0 aliphatic carbocycles. The second-order valence-corrected chi connectivity index (χ2v) is 8.52. The third-order valence-corrected chi connectivity index (χ3v) is 6.14. The smallest absolute Gasteiger partial charge is 0.325 e. The second-order valence-electron chi connectivity index (χ2n) is 8.52. The van der Waals surface area contributed by atoms with E-state index in [4.69, 9.17) is 9.47 Å². The fourth-order valence-electron chi connectivity index (χ4n) is 4.51. The first kappa shape index (κ1) is 21.2. The van der Waals surface area contributed by atoms with E-state index in [0.717, 1.165) is 29.8 Å². The van der Waals surface area contributed by atoms with Gasteiger partial charge in [0.25, 0.3) is 5.91 Å². The first-order chi connectivity index (χ1) is 14.9. The topological polar surface area (TPSA) is 71.1 Å². The maximum atomic E-state index is 12.6. The molecule has 1 saturated heterocycles. The number of ether oxygens (including phenoxy) is 2. The van der Waals surface area contributed by atoms with E-state index in [0.29, 0.717) is 18.8 Å². The number of rotatable bonds is 6. The average Bonchev–Trinajstić information content (AvgIpc) is 2.97. The minimum Gasteiger partial charge on any atom is -0.493 e. The van der Waals surface area contributed by atoms with Crippen molar-refractivity contribution in [2.24, 2.45) is 0 Å². The average molecular weight is 424 g/mol. The van der Waals surface area contributed by atoms with Crippen LogP contribution in [0.5, 0.6) is 11.5 Å². The lowest BCUT2D eigenvalue weighted by atomic mass is 9.87. The van der Waals surface area contributed by atoms with Crippen LogP contribution in [0.1, 0.15) is 36.6 Å². The van der Waals surface area contributed by atoms with E-state index >= 15 is 0 Å². The summed E-state index contributed by atoms with van der Waals surface area (Å²) in [6.45, 7) is 5.21. The van der Waals surface area contributed by atoms with Crippen molar-refractivity contribution >= 4 is 11.9 Å². The maximum Gasteiger partial charge on any atom is 0.325 e. The highest BCUT2D eigenvalue weighted by molar-refractivity contribution is 6.06. The minimum absolute atomic E-state index is 0.00136. The standard InChI is InChI=1S/C24H29N3O4/c1-24(2)22(28)27(23(29)25-24)13-12-26-11-10-17-14-19(30-3)20(31-4)15-18(17)21(26)16-8-6-5-7-9-16/h5-9,14-15,21H,10-13H2,1-4H3,(H,25,29)/t21-/m0/s1. The summed E-state index contributed by atoms with van der Waals surface area (Å²) in [5.74, 6) is 1.24. The van der Waals surface area contributed by atoms with E-state index < -0.39 is 5.54 Å². The Morgan fingerprint density at radius 2 is 1.71 bits per heavy atom. The summed E-state index contributed by atoms with van der Waals surface area (Å²) in [4.78, 5) is 28.6. The van der Waals surface area contributed by atoms with Crippen molar-refractivity contribution in [1.82, 2.24) is 15.1 Å². The molecule has 1 fully saturated rings. The second kappa shape index (κ2) is 8.23. The number of nitrogens with one attached hydrogen (secondary N) is 1. The Balaban J connectivity index is 1.66. The van der Waals surface area contributed by atoms with Gasteiger partial charge in [-0.05, 0) is 49.1 Å². The molecule has 1 atom stereocenters. The molecule has 0 saturated carbocycles. The first-order valence-corrected chi connectivity index (χ1v) is 10.5. The zero-order valence-electron chi connectivity index (χ0n) is 18.5. The van der Waals surface area contributed by atoms with Crippen molar-refractivity contribution < 1.29 is 19.1 Å². The number of fused-ring (bicyclic) bond motifs is 1. The van der Waals surface area contributed by atoms with Crippen LogP contribution in [0.3, 0.4) is 0 Å². The summed E-state index contributed by atoms with van der Waals surface area (Å²) in [6.07, 6.45) is 0.852. The van der Waals surface area contributed by atoms with Crippen LogP contribution >= 0.6 is 0 Å². The summed E-state index contributed by atoms with van der Waals surface area (Å²) < 4.78 is 11.1. The Bertz CT molecular complexity index is 990. The van der Waals surface area contributed by atoms with Crippen molar-refractivity contribution in [2.75, 3.05) is 33.9 Å². The van der Waals surface area contributed by atoms with Gasteiger partial charge >= 0.3 is 6.03 Å². The van der Waals surface area contributed by atoms with Gasteiger partial charge in [0.1, 0.15) is 5.54 Å². The fraction of sp³-hybridized carbons (Fsp3) is 0.417. The molecular formula is C24H29N3O4. The van der Waals surface area contributed by atoms with Crippen molar-refractivity contribution in [2.45, 2.75) is 31.8 Å². The monoisotopic (exact) mass is 423 g/mol. The maximum absolute atomic E-state index is 12.6. The van der Waals surface area contributed by atoms with Gasteiger partial charge in [-0.2, -0.15) is 0 Å². The van der Waals surface area contributed by atoms with Gasteiger partial charge in [-0.15, -0.1) is 0 Å². The molecule has 0 unspecified atom stereocenters. The van der Waals surface area contributed by atoms with E-state index in [9.17, 15) is 9.59 Å². The molecule has 4 rings (SSSR count). The molecule has 164 valence electrons. The third-order valence-electron chi connectivity index (χ3n) is 6.14. The lowest BCUT2D eigenvalue weighted by molar-refractivity contribution is -0.130.